The molecule has 0 bridgehead atoms. The maximum Gasteiger partial charge on any atom is 0.241 e. The summed E-state index contributed by atoms with van der Waals surface area (Å²) in [5.41, 5.74) is 0.563. The summed E-state index contributed by atoms with van der Waals surface area (Å²) in [5.74, 6) is -0.137. The Morgan fingerprint density at radius 2 is 2.07 bits per heavy atom. The van der Waals surface area contributed by atoms with Crippen LogP contribution in [0.5, 0.6) is 0 Å². The molecular formula is C10H12Cl2N2O. The van der Waals surface area contributed by atoms with Gasteiger partial charge in [0.15, 0.2) is 0 Å². The van der Waals surface area contributed by atoms with E-state index in [1.165, 1.54) is 0 Å². The van der Waals surface area contributed by atoms with Gasteiger partial charge < -0.3 is 10.6 Å². The zero-order valence-corrected chi connectivity index (χ0v) is 9.99. The van der Waals surface area contributed by atoms with Crippen molar-refractivity contribution in [3.05, 3.63) is 28.2 Å². The van der Waals surface area contributed by atoms with Gasteiger partial charge in [0.25, 0.3) is 0 Å². The average molecular weight is 247 g/mol. The molecule has 82 valence electrons. The third-order valence-corrected chi connectivity index (χ3v) is 2.56. The summed E-state index contributed by atoms with van der Waals surface area (Å²) in [5, 5.41) is 6.50. The van der Waals surface area contributed by atoms with Crippen molar-refractivity contribution in [2.75, 3.05) is 12.4 Å². The maximum absolute atomic E-state index is 11.5. The molecule has 5 heteroatoms. The number of halogens is 2. The number of hydrogen-bond donors (Lipinski definition) is 2. The van der Waals surface area contributed by atoms with Crippen LogP contribution in [-0.4, -0.2) is 19.0 Å². The van der Waals surface area contributed by atoms with Gasteiger partial charge in [-0.15, -0.1) is 0 Å². The standard InChI is InChI=1S/C10H12Cl2N2O/c1-6(13-2)10(15)14-9-4-3-7(11)5-8(9)12/h3-6,13H,1-2H3,(H,14,15). The van der Waals surface area contributed by atoms with Gasteiger partial charge >= 0.3 is 0 Å². The monoisotopic (exact) mass is 246 g/mol. The summed E-state index contributed by atoms with van der Waals surface area (Å²) in [4.78, 5) is 11.5. The van der Waals surface area contributed by atoms with Crippen molar-refractivity contribution in [2.24, 2.45) is 0 Å². The molecule has 0 heterocycles. The lowest BCUT2D eigenvalue weighted by Crippen LogP contribution is -2.35. The molecule has 1 unspecified atom stereocenters. The summed E-state index contributed by atoms with van der Waals surface area (Å²) in [7, 11) is 1.72. The Morgan fingerprint density at radius 3 is 2.60 bits per heavy atom. The van der Waals surface area contributed by atoms with Gasteiger partial charge in [0.05, 0.1) is 16.8 Å². The SMILES string of the molecule is CNC(C)C(=O)Nc1ccc(Cl)cc1Cl. The highest BCUT2D eigenvalue weighted by atomic mass is 35.5. The van der Waals surface area contributed by atoms with Gasteiger partial charge in [0, 0.05) is 5.02 Å². The van der Waals surface area contributed by atoms with Crippen LogP contribution in [0.3, 0.4) is 0 Å². The number of hydrogen-bond acceptors (Lipinski definition) is 2. The molecule has 1 amide bonds. The minimum atomic E-state index is -0.267. The summed E-state index contributed by atoms with van der Waals surface area (Å²) >= 11 is 11.6. The number of nitrogens with one attached hydrogen (secondary N) is 2. The second-order valence-electron chi connectivity index (χ2n) is 3.12. The van der Waals surface area contributed by atoms with E-state index in [2.05, 4.69) is 10.6 Å². The Labute approximate surface area is 98.8 Å². The van der Waals surface area contributed by atoms with Crippen molar-refractivity contribution in [3.63, 3.8) is 0 Å². The predicted molar refractivity (Wildman–Crippen MR) is 63.6 cm³/mol. The summed E-state index contributed by atoms with van der Waals surface area (Å²) in [6, 6.07) is 4.66. The largest absolute Gasteiger partial charge is 0.323 e. The highest BCUT2D eigenvalue weighted by molar-refractivity contribution is 6.36. The molecule has 1 aromatic rings. The number of likely N-dealkylation sites (N-methyl/N-ethyl adjacent to an activating group) is 1. The van der Waals surface area contributed by atoms with Crippen LogP contribution >= 0.6 is 23.2 Å². The van der Waals surface area contributed by atoms with E-state index in [1.54, 1.807) is 32.2 Å². The maximum atomic E-state index is 11.5. The Balaban J connectivity index is 2.77. The van der Waals surface area contributed by atoms with Gasteiger partial charge in [-0.3, -0.25) is 4.79 Å². The van der Waals surface area contributed by atoms with Crippen molar-refractivity contribution in [3.8, 4) is 0 Å². The predicted octanol–water partition coefficient (Wildman–Crippen LogP) is 2.54. The van der Waals surface area contributed by atoms with Crippen LogP contribution in [0, 0.1) is 0 Å². The molecule has 0 saturated heterocycles. The highest BCUT2D eigenvalue weighted by Crippen LogP contribution is 2.25. The Morgan fingerprint density at radius 1 is 1.40 bits per heavy atom. The molecule has 2 N–H and O–H groups in total. The van der Waals surface area contributed by atoms with Gasteiger partial charge in [-0.05, 0) is 32.2 Å². The lowest BCUT2D eigenvalue weighted by Gasteiger charge is -2.12. The molecule has 1 aromatic carbocycles. The van der Waals surface area contributed by atoms with Crippen molar-refractivity contribution < 1.29 is 4.79 Å². The summed E-state index contributed by atoms with van der Waals surface area (Å²) < 4.78 is 0. The van der Waals surface area contributed by atoms with Gasteiger partial charge in [0.2, 0.25) is 5.91 Å². The average Bonchev–Trinajstić information content (AvgIpc) is 2.20. The number of benzene rings is 1. The van der Waals surface area contributed by atoms with Crippen molar-refractivity contribution in [1.82, 2.24) is 5.32 Å². The number of carbonyl (C=O) groups excluding carboxylic acids is 1. The van der Waals surface area contributed by atoms with E-state index in [4.69, 9.17) is 23.2 Å². The molecule has 0 aliphatic rings. The molecule has 0 radical (unpaired) electrons. The number of anilines is 1. The third kappa shape index (κ3) is 3.38. The van der Waals surface area contributed by atoms with Gasteiger partial charge in [-0.25, -0.2) is 0 Å². The van der Waals surface area contributed by atoms with Gasteiger partial charge in [-0.1, -0.05) is 23.2 Å². The van der Waals surface area contributed by atoms with Crippen molar-refractivity contribution in [1.29, 1.82) is 0 Å². The smallest absolute Gasteiger partial charge is 0.241 e. The molecule has 0 aromatic heterocycles. The fourth-order valence-electron chi connectivity index (χ4n) is 0.963. The van der Waals surface area contributed by atoms with Crippen LogP contribution in [0.4, 0.5) is 5.69 Å². The Bertz CT molecular complexity index is 368. The molecule has 3 nitrogen and oxygen atoms in total. The molecule has 1 rings (SSSR count). The van der Waals surface area contributed by atoms with Crippen LogP contribution in [0.25, 0.3) is 0 Å². The summed E-state index contributed by atoms with van der Waals surface area (Å²) in [6.07, 6.45) is 0. The van der Waals surface area contributed by atoms with Crippen molar-refractivity contribution in [2.45, 2.75) is 13.0 Å². The molecule has 0 aliphatic carbocycles. The first-order valence-corrected chi connectivity index (χ1v) is 5.23. The molecule has 0 spiro atoms. The summed E-state index contributed by atoms with van der Waals surface area (Å²) in [6.45, 7) is 1.76. The van der Waals surface area contributed by atoms with Crippen LogP contribution in [0.15, 0.2) is 18.2 Å². The van der Waals surface area contributed by atoms with E-state index in [0.717, 1.165) is 0 Å². The molecule has 0 aliphatic heterocycles. The first-order chi connectivity index (χ1) is 7.04. The van der Waals surface area contributed by atoms with Crippen LogP contribution in [0.1, 0.15) is 6.92 Å². The normalized spacial score (nSPS) is 12.3. The van der Waals surface area contributed by atoms with E-state index < -0.39 is 0 Å². The first-order valence-electron chi connectivity index (χ1n) is 4.47. The molecule has 0 saturated carbocycles. The first kappa shape index (κ1) is 12.3. The van der Waals surface area contributed by atoms with Crippen LogP contribution in [0.2, 0.25) is 10.0 Å². The van der Waals surface area contributed by atoms with Crippen molar-refractivity contribution >= 4 is 34.8 Å². The minimum Gasteiger partial charge on any atom is -0.323 e. The van der Waals surface area contributed by atoms with E-state index in [0.29, 0.717) is 15.7 Å². The van der Waals surface area contributed by atoms with E-state index in [1.807, 2.05) is 0 Å². The molecule has 0 fully saturated rings. The van der Waals surface area contributed by atoms with Crippen LogP contribution in [-0.2, 0) is 4.79 Å². The van der Waals surface area contributed by atoms with Gasteiger partial charge in [-0.2, -0.15) is 0 Å². The zero-order chi connectivity index (χ0) is 11.4. The van der Waals surface area contributed by atoms with E-state index in [9.17, 15) is 4.79 Å². The second kappa shape index (κ2) is 5.35. The fraction of sp³-hybridized carbons (Fsp3) is 0.300. The minimum absolute atomic E-state index is 0.137. The molecule has 1 atom stereocenters. The second-order valence-corrected chi connectivity index (χ2v) is 3.97. The lowest BCUT2D eigenvalue weighted by atomic mass is 10.2. The lowest BCUT2D eigenvalue weighted by molar-refractivity contribution is -0.117. The topological polar surface area (TPSA) is 41.1 Å². The van der Waals surface area contributed by atoms with Crippen LogP contribution < -0.4 is 10.6 Å². The Kier molecular flexibility index (Phi) is 4.39. The quantitative estimate of drug-likeness (QED) is 0.861. The molecular weight excluding hydrogens is 235 g/mol. The third-order valence-electron chi connectivity index (χ3n) is 2.02. The zero-order valence-electron chi connectivity index (χ0n) is 8.47. The van der Waals surface area contributed by atoms with E-state index in [-0.39, 0.29) is 11.9 Å². The van der Waals surface area contributed by atoms with E-state index >= 15 is 0 Å². The van der Waals surface area contributed by atoms with Gasteiger partial charge in [0.1, 0.15) is 0 Å². The molecule has 15 heavy (non-hydrogen) atoms. The fourth-order valence-corrected chi connectivity index (χ4v) is 1.42. The number of rotatable bonds is 3. The Hall–Kier alpha value is -0.770. The highest BCUT2D eigenvalue weighted by Gasteiger charge is 2.11. The number of amides is 1. The number of carbonyl (C=O) groups is 1.